The standard InChI is InChI=1S/C15H24F2N4/c1-3-7-21-8-5-11(6-9-21)19-15-13(17)10-12(16)14(20-15)18-4-2/h10-11H,3-9H2,1-2H3,(H2,18,19,20). The van der Waals surface area contributed by atoms with Crippen LogP contribution in [0.25, 0.3) is 0 Å². The van der Waals surface area contributed by atoms with Crippen LogP contribution in [0.15, 0.2) is 6.07 Å². The molecule has 4 nitrogen and oxygen atoms in total. The predicted octanol–water partition coefficient (Wildman–Crippen LogP) is 3.08. The van der Waals surface area contributed by atoms with Crippen molar-refractivity contribution >= 4 is 11.6 Å². The lowest BCUT2D eigenvalue weighted by molar-refractivity contribution is 0.219. The van der Waals surface area contributed by atoms with Crippen molar-refractivity contribution in [2.75, 3.05) is 36.8 Å². The molecule has 118 valence electrons. The molecule has 0 unspecified atom stereocenters. The molecule has 0 atom stereocenters. The normalized spacial score (nSPS) is 17.0. The van der Waals surface area contributed by atoms with Crippen molar-refractivity contribution < 1.29 is 8.78 Å². The van der Waals surface area contributed by atoms with Crippen LogP contribution in [0.1, 0.15) is 33.1 Å². The number of aromatic nitrogens is 1. The molecular formula is C15H24F2N4. The highest BCUT2D eigenvalue weighted by Crippen LogP contribution is 2.22. The summed E-state index contributed by atoms with van der Waals surface area (Å²) in [5.41, 5.74) is 0. The molecule has 0 spiro atoms. The van der Waals surface area contributed by atoms with Crippen LogP contribution in [-0.2, 0) is 0 Å². The fourth-order valence-electron chi connectivity index (χ4n) is 2.67. The van der Waals surface area contributed by atoms with E-state index in [2.05, 4.69) is 27.4 Å². The number of nitrogens with zero attached hydrogens (tertiary/aromatic N) is 2. The molecule has 1 saturated heterocycles. The third-order valence-electron chi connectivity index (χ3n) is 3.74. The van der Waals surface area contributed by atoms with E-state index in [0.717, 1.165) is 45.0 Å². The Kier molecular flexibility index (Phi) is 5.73. The molecular weight excluding hydrogens is 274 g/mol. The Morgan fingerprint density at radius 2 is 1.86 bits per heavy atom. The zero-order chi connectivity index (χ0) is 15.2. The Morgan fingerprint density at radius 3 is 2.48 bits per heavy atom. The lowest BCUT2D eigenvalue weighted by Crippen LogP contribution is -2.39. The second-order valence-electron chi connectivity index (χ2n) is 5.44. The Balaban J connectivity index is 1.98. The number of pyridine rings is 1. The van der Waals surface area contributed by atoms with E-state index in [1.165, 1.54) is 0 Å². The van der Waals surface area contributed by atoms with Gasteiger partial charge in [0.15, 0.2) is 23.3 Å². The number of rotatable bonds is 6. The Hall–Kier alpha value is -1.43. The van der Waals surface area contributed by atoms with E-state index in [-0.39, 0.29) is 17.7 Å². The van der Waals surface area contributed by atoms with Gasteiger partial charge < -0.3 is 15.5 Å². The van der Waals surface area contributed by atoms with Crippen molar-refractivity contribution in [1.29, 1.82) is 0 Å². The SMILES string of the molecule is CCCN1CCC(Nc2nc(NCC)c(F)cc2F)CC1. The van der Waals surface area contributed by atoms with Gasteiger partial charge in [-0.2, -0.15) is 0 Å². The van der Waals surface area contributed by atoms with Crippen molar-refractivity contribution in [3.05, 3.63) is 17.7 Å². The summed E-state index contributed by atoms with van der Waals surface area (Å²) >= 11 is 0. The quantitative estimate of drug-likeness (QED) is 0.847. The molecule has 1 aliphatic rings. The highest BCUT2D eigenvalue weighted by atomic mass is 19.1. The maximum absolute atomic E-state index is 13.8. The number of halogens is 2. The summed E-state index contributed by atoms with van der Waals surface area (Å²) in [4.78, 5) is 6.44. The van der Waals surface area contributed by atoms with Crippen LogP contribution < -0.4 is 10.6 Å². The minimum Gasteiger partial charge on any atom is -0.368 e. The molecule has 2 rings (SSSR count). The molecule has 0 bridgehead atoms. The highest BCUT2D eigenvalue weighted by Gasteiger charge is 2.20. The highest BCUT2D eigenvalue weighted by molar-refractivity contribution is 5.48. The van der Waals surface area contributed by atoms with Gasteiger partial charge in [0.25, 0.3) is 0 Å². The zero-order valence-electron chi connectivity index (χ0n) is 12.8. The fraction of sp³-hybridized carbons (Fsp3) is 0.667. The number of hydrogen-bond acceptors (Lipinski definition) is 4. The zero-order valence-corrected chi connectivity index (χ0v) is 12.8. The second kappa shape index (κ2) is 7.54. The predicted molar refractivity (Wildman–Crippen MR) is 81.7 cm³/mol. The van der Waals surface area contributed by atoms with Crippen LogP contribution in [0.5, 0.6) is 0 Å². The summed E-state index contributed by atoms with van der Waals surface area (Å²) in [6.45, 7) is 7.69. The number of nitrogens with one attached hydrogen (secondary N) is 2. The molecule has 0 amide bonds. The van der Waals surface area contributed by atoms with Crippen LogP contribution >= 0.6 is 0 Å². The van der Waals surface area contributed by atoms with E-state index in [1.807, 2.05) is 6.92 Å². The molecule has 0 aromatic carbocycles. The Morgan fingerprint density at radius 1 is 1.19 bits per heavy atom. The molecule has 1 fully saturated rings. The third kappa shape index (κ3) is 4.27. The monoisotopic (exact) mass is 298 g/mol. The molecule has 0 saturated carbocycles. The van der Waals surface area contributed by atoms with Crippen molar-refractivity contribution in [2.24, 2.45) is 0 Å². The summed E-state index contributed by atoms with van der Waals surface area (Å²) in [5.74, 6) is -1.05. The van der Waals surface area contributed by atoms with Crippen LogP contribution in [0.3, 0.4) is 0 Å². The van der Waals surface area contributed by atoms with E-state index >= 15 is 0 Å². The molecule has 2 heterocycles. The molecule has 1 aromatic heterocycles. The molecule has 21 heavy (non-hydrogen) atoms. The number of anilines is 2. The summed E-state index contributed by atoms with van der Waals surface area (Å²) in [7, 11) is 0. The van der Waals surface area contributed by atoms with Gasteiger partial charge in [0, 0.05) is 31.7 Å². The fourth-order valence-corrected chi connectivity index (χ4v) is 2.67. The van der Waals surface area contributed by atoms with Gasteiger partial charge in [0.2, 0.25) is 0 Å². The van der Waals surface area contributed by atoms with Crippen molar-refractivity contribution in [1.82, 2.24) is 9.88 Å². The first-order valence-electron chi connectivity index (χ1n) is 7.72. The first-order chi connectivity index (χ1) is 10.1. The Bertz CT molecular complexity index is 459. The summed E-state index contributed by atoms with van der Waals surface area (Å²) in [5, 5.41) is 5.92. The maximum atomic E-state index is 13.8. The van der Waals surface area contributed by atoms with Gasteiger partial charge >= 0.3 is 0 Å². The van der Waals surface area contributed by atoms with E-state index in [0.29, 0.717) is 6.54 Å². The van der Waals surface area contributed by atoms with Crippen molar-refractivity contribution in [3.8, 4) is 0 Å². The number of hydrogen-bond donors (Lipinski definition) is 2. The van der Waals surface area contributed by atoms with E-state index in [4.69, 9.17) is 0 Å². The van der Waals surface area contributed by atoms with Gasteiger partial charge in [-0.15, -0.1) is 0 Å². The van der Waals surface area contributed by atoms with E-state index in [1.54, 1.807) is 0 Å². The summed E-state index contributed by atoms with van der Waals surface area (Å²) in [6.07, 6.45) is 3.06. The minimum atomic E-state index is -0.655. The van der Waals surface area contributed by atoms with Crippen LogP contribution in [0.2, 0.25) is 0 Å². The average Bonchev–Trinajstić information content (AvgIpc) is 2.46. The molecule has 1 aliphatic heterocycles. The smallest absolute Gasteiger partial charge is 0.168 e. The molecule has 2 N–H and O–H groups in total. The van der Waals surface area contributed by atoms with Crippen LogP contribution in [-0.4, -0.2) is 42.1 Å². The second-order valence-corrected chi connectivity index (χ2v) is 5.44. The van der Waals surface area contributed by atoms with Gasteiger partial charge in [-0.25, -0.2) is 13.8 Å². The summed E-state index contributed by atoms with van der Waals surface area (Å²) in [6, 6.07) is 1.08. The largest absolute Gasteiger partial charge is 0.368 e. The summed E-state index contributed by atoms with van der Waals surface area (Å²) < 4.78 is 27.4. The van der Waals surface area contributed by atoms with Crippen LogP contribution in [0.4, 0.5) is 20.4 Å². The van der Waals surface area contributed by atoms with Crippen molar-refractivity contribution in [2.45, 2.75) is 39.2 Å². The maximum Gasteiger partial charge on any atom is 0.168 e. The molecule has 0 radical (unpaired) electrons. The van der Waals surface area contributed by atoms with Crippen LogP contribution in [0, 0.1) is 11.6 Å². The van der Waals surface area contributed by atoms with Gasteiger partial charge in [-0.3, -0.25) is 0 Å². The van der Waals surface area contributed by atoms with Gasteiger partial charge in [-0.05, 0) is 32.7 Å². The molecule has 1 aromatic rings. The topological polar surface area (TPSA) is 40.2 Å². The number of likely N-dealkylation sites (tertiary alicyclic amines) is 1. The van der Waals surface area contributed by atoms with Gasteiger partial charge in [0.1, 0.15) is 0 Å². The Labute approximate surface area is 124 Å². The first-order valence-corrected chi connectivity index (χ1v) is 7.72. The average molecular weight is 298 g/mol. The third-order valence-corrected chi connectivity index (χ3v) is 3.74. The van der Waals surface area contributed by atoms with Gasteiger partial charge in [0.05, 0.1) is 0 Å². The molecule has 0 aliphatic carbocycles. The lowest BCUT2D eigenvalue weighted by atomic mass is 10.0. The van der Waals surface area contributed by atoms with E-state index in [9.17, 15) is 8.78 Å². The first kappa shape index (κ1) is 15.9. The lowest BCUT2D eigenvalue weighted by Gasteiger charge is -2.32. The van der Waals surface area contributed by atoms with Gasteiger partial charge in [-0.1, -0.05) is 6.92 Å². The molecule has 6 heteroatoms. The van der Waals surface area contributed by atoms with E-state index < -0.39 is 11.6 Å². The number of piperidine rings is 1. The minimum absolute atomic E-state index is 0.102. The van der Waals surface area contributed by atoms with Crippen molar-refractivity contribution in [3.63, 3.8) is 0 Å².